The summed E-state index contributed by atoms with van der Waals surface area (Å²) in [5, 5.41) is 0. The maximum absolute atomic E-state index is 6.10. The second-order valence-corrected chi connectivity index (χ2v) is 9.38. The van der Waals surface area contributed by atoms with Gasteiger partial charge in [0.1, 0.15) is 6.61 Å². The molecule has 5 rings (SSSR count). The van der Waals surface area contributed by atoms with Crippen LogP contribution in [0.1, 0.15) is 24.0 Å². The molecule has 3 aliphatic rings. The van der Waals surface area contributed by atoms with Crippen LogP contribution < -0.4 is 9.47 Å². The SMILES string of the molecule is COc1ccc(CN2CCN(C[C@H]3C[C@@H]4C=C[C@H]3C4)CC2)cc1OCc1ccccc1. The number of hydrogen-bond acceptors (Lipinski definition) is 4. The van der Waals surface area contributed by atoms with E-state index in [-0.39, 0.29) is 0 Å². The summed E-state index contributed by atoms with van der Waals surface area (Å²) in [7, 11) is 1.70. The molecule has 31 heavy (non-hydrogen) atoms. The van der Waals surface area contributed by atoms with Crippen LogP contribution in [0.2, 0.25) is 0 Å². The van der Waals surface area contributed by atoms with Crippen LogP contribution in [0.25, 0.3) is 0 Å². The van der Waals surface area contributed by atoms with Gasteiger partial charge in [-0.2, -0.15) is 0 Å². The normalized spacial score (nSPS) is 25.8. The number of piperazine rings is 1. The number of methoxy groups -OCH3 is 1. The van der Waals surface area contributed by atoms with E-state index in [9.17, 15) is 0 Å². The molecule has 2 aromatic rings. The highest BCUT2D eigenvalue weighted by Crippen LogP contribution is 2.43. The molecule has 1 saturated carbocycles. The van der Waals surface area contributed by atoms with E-state index < -0.39 is 0 Å². The van der Waals surface area contributed by atoms with Crippen molar-refractivity contribution in [2.24, 2.45) is 17.8 Å². The van der Waals surface area contributed by atoms with Crippen molar-refractivity contribution in [1.29, 1.82) is 0 Å². The first kappa shape index (κ1) is 20.6. The molecule has 4 heteroatoms. The number of hydrogen-bond donors (Lipinski definition) is 0. The molecular formula is C27H34N2O2. The highest BCUT2D eigenvalue weighted by Gasteiger charge is 2.36. The summed E-state index contributed by atoms with van der Waals surface area (Å²) in [6.45, 7) is 7.47. The maximum atomic E-state index is 6.10. The van der Waals surface area contributed by atoms with Crippen LogP contribution in [0, 0.1) is 17.8 Å². The molecule has 1 saturated heterocycles. The van der Waals surface area contributed by atoms with Crippen LogP contribution in [0.4, 0.5) is 0 Å². The second-order valence-electron chi connectivity index (χ2n) is 9.38. The first-order valence-corrected chi connectivity index (χ1v) is 11.7. The van der Waals surface area contributed by atoms with Crippen LogP contribution in [-0.2, 0) is 13.2 Å². The molecule has 2 fully saturated rings. The Hall–Kier alpha value is -2.30. The summed E-state index contributed by atoms with van der Waals surface area (Å²) in [5.41, 5.74) is 2.45. The zero-order valence-electron chi connectivity index (χ0n) is 18.6. The monoisotopic (exact) mass is 418 g/mol. The van der Waals surface area contributed by atoms with Gasteiger partial charge in [-0.1, -0.05) is 48.6 Å². The standard InChI is InChI=1S/C27H34N2O2/c1-30-26-10-8-23(17-27(26)31-20-21-5-3-2-4-6-21)18-28-11-13-29(14-12-28)19-25-16-22-7-9-24(25)15-22/h2-10,17,22,24-25H,11-16,18-20H2,1H3/t22-,24+,25-/m1/s1. The molecule has 2 bridgehead atoms. The summed E-state index contributed by atoms with van der Waals surface area (Å²) in [6, 6.07) is 16.6. The molecule has 164 valence electrons. The molecule has 1 heterocycles. The van der Waals surface area contributed by atoms with E-state index in [0.29, 0.717) is 6.61 Å². The molecule has 1 aliphatic heterocycles. The summed E-state index contributed by atoms with van der Waals surface area (Å²) in [6.07, 6.45) is 7.76. The lowest BCUT2D eigenvalue weighted by atomic mass is 9.93. The zero-order chi connectivity index (χ0) is 21.0. The molecule has 2 aliphatic carbocycles. The van der Waals surface area contributed by atoms with Gasteiger partial charge in [-0.15, -0.1) is 0 Å². The second kappa shape index (κ2) is 9.46. The van der Waals surface area contributed by atoms with Crippen molar-refractivity contribution in [3.05, 3.63) is 71.8 Å². The quantitative estimate of drug-likeness (QED) is 0.585. The average Bonchev–Trinajstić information content (AvgIpc) is 3.43. The Morgan fingerprint density at radius 3 is 2.35 bits per heavy atom. The molecule has 0 amide bonds. The predicted molar refractivity (Wildman–Crippen MR) is 124 cm³/mol. The first-order valence-electron chi connectivity index (χ1n) is 11.7. The van der Waals surface area contributed by atoms with Gasteiger partial charge in [0, 0.05) is 39.3 Å². The fraction of sp³-hybridized carbons (Fsp3) is 0.481. The first-order chi connectivity index (χ1) is 15.3. The molecule has 4 nitrogen and oxygen atoms in total. The zero-order valence-corrected chi connectivity index (χ0v) is 18.6. The summed E-state index contributed by atoms with van der Waals surface area (Å²) >= 11 is 0. The molecule has 3 atom stereocenters. The Balaban J connectivity index is 1.13. The van der Waals surface area contributed by atoms with Crippen molar-refractivity contribution in [3.8, 4) is 11.5 Å². The summed E-state index contributed by atoms with van der Waals surface area (Å²) < 4.78 is 11.6. The number of fused-ring (bicyclic) bond motifs is 2. The minimum Gasteiger partial charge on any atom is -0.493 e. The van der Waals surface area contributed by atoms with Crippen LogP contribution in [0.15, 0.2) is 60.7 Å². The molecule has 0 radical (unpaired) electrons. The van der Waals surface area contributed by atoms with Gasteiger partial charge < -0.3 is 14.4 Å². The van der Waals surface area contributed by atoms with Crippen LogP contribution in [-0.4, -0.2) is 49.6 Å². The molecule has 0 spiro atoms. The molecule has 0 N–H and O–H groups in total. The summed E-state index contributed by atoms with van der Waals surface area (Å²) in [5.74, 6) is 4.25. The Kier molecular flexibility index (Phi) is 6.28. The van der Waals surface area contributed by atoms with E-state index in [2.05, 4.69) is 46.2 Å². The largest absolute Gasteiger partial charge is 0.493 e. The lowest BCUT2D eigenvalue weighted by Gasteiger charge is -2.37. The molecule has 0 aromatic heterocycles. The van der Waals surface area contributed by atoms with Crippen molar-refractivity contribution in [2.45, 2.75) is 26.0 Å². The third kappa shape index (κ3) is 4.97. The predicted octanol–water partition coefficient (Wildman–Crippen LogP) is 4.60. The Bertz CT molecular complexity index is 889. The van der Waals surface area contributed by atoms with E-state index >= 15 is 0 Å². The summed E-state index contributed by atoms with van der Waals surface area (Å²) in [4.78, 5) is 5.26. The van der Waals surface area contributed by atoms with Gasteiger partial charge in [-0.3, -0.25) is 4.90 Å². The Morgan fingerprint density at radius 1 is 0.839 bits per heavy atom. The van der Waals surface area contributed by atoms with Gasteiger partial charge in [0.25, 0.3) is 0 Å². The Labute approximate surface area is 186 Å². The maximum Gasteiger partial charge on any atom is 0.161 e. The van der Waals surface area contributed by atoms with Gasteiger partial charge in [0.15, 0.2) is 11.5 Å². The molecule has 0 unspecified atom stereocenters. The topological polar surface area (TPSA) is 24.9 Å². The third-order valence-corrected chi connectivity index (χ3v) is 7.25. The van der Waals surface area contributed by atoms with Crippen LogP contribution in [0.5, 0.6) is 11.5 Å². The smallest absolute Gasteiger partial charge is 0.161 e. The van der Waals surface area contributed by atoms with Crippen molar-refractivity contribution in [2.75, 3.05) is 39.8 Å². The lowest BCUT2D eigenvalue weighted by molar-refractivity contribution is 0.108. The van der Waals surface area contributed by atoms with E-state index in [1.54, 1.807) is 7.11 Å². The fourth-order valence-electron chi connectivity index (χ4n) is 5.49. The molecule has 2 aromatic carbocycles. The van der Waals surface area contributed by atoms with E-state index in [0.717, 1.165) is 54.5 Å². The number of rotatable bonds is 8. The molecular weight excluding hydrogens is 384 g/mol. The third-order valence-electron chi connectivity index (χ3n) is 7.25. The average molecular weight is 419 g/mol. The van der Waals surface area contributed by atoms with Gasteiger partial charge >= 0.3 is 0 Å². The number of allylic oxidation sites excluding steroid dienone is 2. The van der Waals surface area contributed by atoms with E-state index in [4.69, 9.17) is 9.47 Å². The van der Waals surface area contributed by atoms with Crippen molar-refractivity contribution in [3.63, 3.8) is 0 Å². The minimum absolute atomic E-state index is 0.553. The van der Waals surface area contributed by atoms with E-state index in [1.807, 2.05) is 24.3 Å². The van der Waals surface area contributed by atoms with Gasteiger partial charge in [-0.05, 0) is 53.9 Å². The van der Waals surface area contributed by atoms with Crippen molar-refractivity contribution < 1.29 is 9.47 Å². The number of nitrogens with zero attached hydrogens (tertiary/aromatic N) is 2. The number of ether oxygens (including phenoxy) is 2. The van der Waals surface area contributed by atoms with Gasteiger partial charge in [-0.25, -0.2) is 0 Å². The lowest BCUT2D eigenvalue weighted by Crippen LogP contribution is -2.47. The Morgan fingerprint density at radius 2 is 1.65 bits per heavy atom. The minimum atomic E-state index is 0.553. The van der Waals surface area contributed by atoms with Gasteiger partial charge in [0.2, 0.25) is 0 Å². The van der Waals surface area contributed by atoms with E-state index in [1.165, 1.54) is 38.0 Å². The van der Waals surface area contributed by atoms with Crippen LogP contribution in [0.3, 0.4) is 0 Å². The highest BCUT2D eigenvalue weighted by molar-refractivity contribution is 5.43. The number of benzene rings is 2. The fourth-order valence-corrected chi connectivity index (χ4v) is 5.49. The van der Waals surface area contributed by atoms with Crippen LogP contribution >= 0.6 is 0 Å². The van der Waals surface area contributed by atoms with Crippen molar-refractivity contribution in [1.82, 2.24) is 9.80 Å². The van der Waals surface area contributed by atoms with Crippen molar-refractivity contribution >= 4 is 0 Å². The highest BCUT2D eigenvalue weighted by atomic mass is 16.5. The van der Waals surface area contributed by atoms with Gasteiger partial charge in [0.05, 0.1) is 7.11 Å².